The molecule has 88 valence electrons. The number of nitrogens with zero attached hydrogens (tertiary/aromatic N) is 1. The van der Waals surface area contributed by atoms with Gasteiger partial charge in [-0.25, -0.2) is 9.78 Å². The zero-order valence-corrected chi connectivity index (χ0v) is 9.69. The van der Waals surface area contributed by atoms with Crippen molar-refractivity contribution in [1.82, 2.24) is 4.98 Å². The van der Waals surface area contributed by atoms with E-state index in [9.17, 15) is 4.79 Å². The Labute approximate surface area is 94.6 Å². The second kappa shape index (κ2) is 5.34. The minimum absolute atomic E-state index is 0.00250. The van der Waals surface area contributed by atoms with E-state index in [0.29, 0.717) is 5.69 Å². The van der Waals surface area contributed by atoms with Gasteiger partial charge in [-0.15, -0.1) is 0 Å². The number of methoxy groups -OCH3 is 1. The average molecular weight is 224 g/mol. The molecule has 0 aliphatic carbocycles. The lowest BCUT2D eigenvalue weighted by molar-refractivity contribution is 0.0592. The van der Waals surface area contributed by atoms with Gasteiger partial charge in [0, 0.05) is 0 Å². The molecule has 2 N–H and O–H groups in total. The minimum Gasteiger partial charge on any atom is -0.473 e. The second-order valence-corrected chi connectivity index (χ2v) is 3.42. The van der Waals surface area contributed by atoms with E-state index in [-0.39, 0.29) is 17.7 Å². The number of esters is 1. The number of nitrogen functional groups attached to an aromatic ring is 1. The first kappa shape index (κ1) is 12.3. The van der Waals surface area contributed by atoms with E-state index in [0.717, 1.165) is 6.42 Å². The number of rotatable bonds is 4. The first-order valence-electron chi connectivity index (χ1n) is 5.10. The Morgan fingerprint density at radius 3 is 2.81 bits per heavy atom. The molecule has 1 aromatic heterocycles. The number of nitrogens with two attached hydrogens (primary N) is 1. The van der Waals surface area contributed by atoms with Gasteiger partial charge in [-0.3, -0.25) is 0 Å². The number of hydrogen-bond acceptors (Lipinski definition) is 5. The molecule has 1 unspecified atom stereocenters. The highest BCUT2D eigenvalue weighted by Gasteiger charge is 2.12. The molecular weight excluding hydrogens is 208 g/mol. The van der Waals surface area contributed by atoms with Crippen molar-refractivity contribution in [3.05, 3.63) is 17.8 Å². The van der Waals surface area contributed by atoms with Gasteiger partial charge in [0.2, 0.25) is 5.88 Å². The molecule has 0 saturated carbocycles. The van der Waals surface area contributed by atoms with Crippen molar-refractivity contribution in [3.63, 3.8) is 0 Å². The van der Waals surface area contributed by atoms with Gasteiger partial charge in [0.05, 0.1) is 18.9 Å². The molecule has 16 heavy (non-hydrogen) atoms. The third kappa shape index (κ3) is 2.85. The Hall–Kier alpha value is -1.78. The van der Waals surface area contributed by atoms with Crippen LogP contribution in [0.1, 0.15) is 30.8 Å². The van der Waals surface area contributed by atoms with Gasteiger partial charge >= 0.3 is 5.97 Å². The van der Waals surface area contributed by atoms with E-state index in [2.05, 4.69) is 9.72 Å². The van der Waals surface area contributed by atoms with Gasteiger partial charge in [-0.05, 0) is 25.5 Å². The highest BCUT2D eigenvalue weighted by atomic mass is 16.5. The first-order valence-corrected chi connectivity index (χ1v) is 5.10. The topological polar surface area (TPSA) is 74.4 Å². The summed E-state index contributed by atoms with van der Waals surface area (Å²) in [5.41, 5.74) is 6.29. The molecule has 0 saturated heterocycles. The molecule has 0 amide bonds. The van der Waals surface area contributed by atoms with Crippen molar-refractivity contribution < 1.29 is 14.3 Å². The molecule has 0 aliphatic rings. The van der Waals surface area contributed by atoms with Gasteiger partial charge in [0.25, 0.3) is 0 Å². The lowest BCUT2D eigenvalue weighted by Crippen LogP contribution is -2.14. The van der Waals surface area contributed by atoms with Gasteiger partial charge in [0.15, 0.2) is 5.69 Å². The van der Waals surface area contributed by atoms with Crippen molar-refractivity contribution in [3.8, 4) is 5.88 Å². The SMILES string of the molecule is CCC(C)Oc1nc(C(=O)OC)ccc1N. The van der Waals surface area contributed by atoms with Crippen LogP contribution in [0.15, 0.2) is 12.1 Å². The van der Waals surface area contributed by atoms with E-state index >= 15 is 0 Å². The normalized spacial score (nSPS) is 11.9. The molecular formula is C11H16N2O3. The standard InChI is InChI=1S/C11H16N2O3/c1-4-7(2)16-10-8(12)5-6-9(13-10)11(14)15-3/h5-7H,4,12H2,1-3H3. The Bertz CT molecular complexity index is 379. The zero-order valence-electron chi connectivity index (χ0n) is 9.69. The fourth-order valence-corrected chi connectivity index (χ4v) is 1.04. The number of ether oxygens (including phenoxy) is 2. The van der Waals surface area contributed by atoms with Crippen molar-refractivity contribution in [2.24, 2.45) is 0 Å². The van der Waals surface area contributed by atoms with Crippen molar-refractivity contribution in [1.29, 1.82) is 0 Å². The summed E-state index contributed by atoms with van der Waals surface area (Å²) in [6.07, 6.45) is 0.839. The summed E-state index contributed by atoms with van der Waals surface area (Å²) in [6, 6.07) is 3.08. The summed E-state index contributed by atoms with van der Waals surface area (Å²) in [4.78, 5) is 15.3. The predicted octanol–water partition coefficient (Wildman–Crippen LogP) is 1.63. The van der Waals surface area contributed by atoms with E-state index in [1.165, 1.54) is 13.2 Å². The third-order valence-electron chi connectivity index (χ3n) is 2.17. The van der Waals surface area contributed by atoms with Crippen molar-refractivity contribution in [2.75, 3.05) is 12.8 Å². The summed E-state index contributed by atoms with van der Waals surface area (Å²) in [5.74, 6) is -0.230. The minimum atomic E-state index is -0.506. The van der Waals surface area contributed by atoms with Crippen molar-refractivity contribution >= 4 is 11.7 Å². The molecule has 1 aromatic rings. The fourth-order valence-electron chi connectivity index (χ4n) is 1.04. The number of aromatic nitrogens is 1. The lowest BCUT2D eigenvalue weighted by Gasteiger charge is -2.13. The quantitative estimate of drug-likeness (QED) is 0.787. The average Bonchev–Trinajstić information content (AvgIpc) is 2.30. The Balaban J connectivity index is 2.94. The maximum Gasteiger partial charge on any atom is 0.356 e. The van der Waals surface area contributed by atoms with Gasteiger partial charge < -0.3 is 15.2 Å². The van der Waals surface area contributed by atoms with Crippen LogP contribution in [0, 0.1) is 0 Å². The molecule has 1 heterocycles. The largest absolute Gasteiger partial charge is 0.473 e. The van der Waals surface area contributed by atoms with E-state index in [1.54, 1.807) is 6.07 Å². The summed E-state index contributed by atoms with van der Waals surface area (Å²) in [6.45, 7) is 3.90. The van der Waals surface area contributed by atoms with Gasteiger partial charge in [-0.2, -0.15) is 0 Å². The molecule has 0 aliphatic heterocycles. The smallest absolute Gasteiger partial charge is 0.356 e. The van der Waals surface area contributed by atoms with Crippen LogP contribution in [0.5, 0.6) is 5.88 Å². The van der Waals surface area contributed by atoms with Crippen LogP contribution in [0.3, 0.4) is 0 Å². The van der Waals surface area contributed by atoms with Crippen LogP contribution in [-0.2, 0) is 4.74 Å². The van der Waals surface area contributed by atoms with Gasteiger partial charge in [-0.1, -0.05) is 6.92 Å². The summed E-state index contributed by atoms with van der Waals surface area (Å²) < 4.78 is 10.1. The predicted molar refractivity (Wildman–Crippen MR) is 60.4 cm³/mol. The van der Waals surface area contributed by atoms with E-state index in [1.807, 2.05) is 13.8 Å². The molecule has 1 atom stereocenters. The van der Waals surface area contributed by atoms with Crippen LogP contribution in [0.25, 0.3) is 0 Å². The molecule has 0 fully saturated rings. The maximum absolute atomic E-state index is 11.3. The Morgan fingerprint density at radius 2 is 2.25 bits per heavy atom. The summed E-state index contributed by atoms with van der Waals surface area (Å²) >= 11 is 0. The number of carbonyl (C=O) groups excluding carboxylic acids is 1. The van der Waals surface area contributed by atoms with Crippen LogP contribution in [-0.4, -0.2) is 24.2 Å². The molecule has 1 rings (SSSR count). The second-order valence-electron chi connectivity index (χ2n) is 3.42. The highest BCUT2D eigenvalue weighted by Crippen LogP contribution is 2.20. The molecule has 0 radical (unpaired) electrons. The van der Waals surface area contributed by atoms with Crippen LogP contribution >= 0.6 is 0 Å². The van der Waals surface area contributed by atoms with E-state index < -0.39 is 5.97 Å². The zero-order chi connectivity index (χ0) is 12.1. The molecule has 0 spiro atoms. The van der Waals surface area contributed by atoms with Crippen LogP contribution < -0.4 is 10.5 Å². The molecule has 5 heteroatoms. The number of hydrogen-bond donors (Lipinski definition) is 1. The third-order valence-corrected chi connectivity index (χ3v) is 2.17. The fraction of sp³-hybridized carbons (Fsp3) is 0.455. The lowest BCUT2D eigenvalue weighted by atomic mass is 10.3. The summed E-state index contributed by atoms with van der Waals surface area (Å²) in [5, 5.41) is 0. The summed E-state index contributed by atoms with van der Waals surface area (Å²) in [7, 11) is 1.30. The monoisotopic (exact) mass is 224 g/mol. The Kier molecular flexibility index (Phi) is 4.10. The highest BCUT2D eigenvalue weighted by molar-refractivity contribution is 5.87. The molecule has 0 bridgehead atoms. The maximum atomic E-state index is 11.3. The van der Waals surface area contributed by atoms with Crippen LogP contribution in [0.2, 0.25) is 0 Å². The molecule has 5 nitrogen and oxygen atoms in total. The van der Waals surface area contributed by atoms with Crippen LogP contribution in [0.4, 0.5) is 5.69 Å². The van der Waals surface area contributed by atoms with Gasteiger partial charge in [0.1, 0.15) is 0 Å². The number of carbonyl (C=O) groups is 1. The van der Waals surface area contributed by atoms with Crippen molar-refractivity contribution in [2.45, 2.75) is 26.4 Å². The number of pyridine rings is 1. The number of anilines is 1. The van der Waals surface area contributed by atoms with E-state index in [4.69, 9.17) is 10.5 Å². The molecule has 0 aromatic carbocycles. The first-order chi connectivity index (χ1) is 7.58. The Morgan fingerprint density at radius 1 is 1.56 bits per heavy atom.